The Hall–Kier alpha value is -0.870. The number of hydrogen-bond acceptors (Lipinski definition) is 3. The van der Waals surface area contributed by atoms with E-state index in [0.29, 0.717) is 18.9 Å². The Kier molecular flexibility index (Phi) is 6.05. The lowest BCUT2D eigenvalue weighted by atomic mass is 9.87. The first-order valence-electron chi connectivity index (χ1n) is 7.62. The number of carbonyl (C=O) groups excluding carboxylic acids is 1. The Bertz CT molecular complexity index is 397. The number of amides is 1. The van der Waals surface area contributed by atoms with Gasteiger partial charge in [-0.3, -0.25) is 4.79 Å². The SMILES string of the molecule is CN(C)[C@@H](CNC(=O)CC1CCCCC1)c1ccsc1. The summed E-state index contributed by atoms with van der Waals surface area (Å²) in [6, 6.07) is 2.42. The molecule has 0 spiro atoms. The van der Waals surface area contributed by atoms with Crippen LogP contribution in [0.3, 0.4) is 0 Å². The lowest BCUT2D eigenvalue weighted by Crippen LogP contribution is -2.35. The molecule has 1 aliphatic carbocycles. The zero-order valence-corrected chi connectivity index (χ0v) is 13.4. The maximum Gasteiger partial charge on any atom is 0.220 e. The van der Waals surface area contributed by atoms with Gasteiger partial charge in [0.2, 0.25) is 5.91 Å². The van der Waals surface area contributed by atoms with Gasteiger partial charge in [0.05, 0.1) is 6.04 Å². The fraction of sp³-hybridized carbons (Fsp3) is 0.688. The highest BCUT2D eigenvalue weighted by Gasteiger charge is 2.19. The van der Waals surface area contributed by atoms with Gasteiger partial charge in [-0.05, 0) is 55.2 Å². The number of nitrogens with one attached hydrogen (secondary N) is 1. The minimum absolute atomic E-state index is 0.221. The summed E-state index contributed by atoms with van der Waals surface area (Å²) >= 11 is 1.71. The van der Waals surface area contributed by atoms with E-state index in [4.69, 9.17) is 0 Å². The van der Waals surface area contributed by atoms with Gasteiger partial charge in [-0.2, -0.15) is 11.3 Å². The highest BCUT2D eigenvalue weighted by atomic mass is 32.1. The van der Waals surface area contributed by atoms with Gasteiger partial charge < -0.3 is 10.2 Å². The number of likely N-dealkylation sites (N-methyl/N-ethyl adjacent to an activating group) is 1. The topological polar surface area (TPSA) is 32.3 Å². The number of thiophene rings is 1. The summed E-state index contributed by atoms with van der Waals surface area (Å²) in [5, 5.41) is 7.38. The summed E-state index contributed by atoms with van der Waals surface area (Å²) in [5.41, 5.74) is 1.29. The Labute approximate surface area is 126 Å². The minimum Gasteiger partial charge on any atom is -0.354 e. The fourth-order valence-electron chi connectivity index (χ4n) is 3.00. The van der Waals surface area contributed by atoms with E-state index in [9.17, 15) is 4.79 Å². The molecule has 1 aliphatic rings. The van der Waals surface area contributed by atoms with Gasteiger partial charge in [-0.15, -0.1) is 0 Å². The van der Waals surface area contributed by atoms with Crippen molar-refractivity contribution in [2.24, 2.45) is 5.92 Å². The molecule has 4 heteroatoms. The summed E-state index contributed by atoms with van der Waals surface area (Å²) in [6.45, 7) is 0.704. The second-order valence-corrected chi connectivity index (χ2v) is 6.83. The Balaban J connectivity index is 1.78. The number of hydrogen-bond donors (Lipinski definition) is 1. The van der Waals surface area contributed by atoms with Crippen LogP contribution >= 0.6 is 11.3 Å². The molecule has 1 heterocycles. The average Bonchev–Trinajstić information content (AvgIpc) is 2.93. The molecule has 1 fully saturated rings. The van der Waals surface area contributed by atoms with E-state index in [1.807, 2.05) is 0 Å². The van der Waals surface area contributed by atoms with Crippen molar-refractivity contribution >= 4 is 17.2 Å². The third kappa shape index (κ3) is 4.60. The van der Waals surface area contributed by atoms with E-state index >= 15 is 0 Å². The van der Waals surface area contributed by atoms with Crippen molar-refractivity contribution < 1.29 is 4.79 Å². The molecule has 0 radical (unpaired) electrons. The molecule has 2 rings (SSSR count). The number of rotatable bonds is 6. The summed E-state index contributed by atoms with van der Waals surface area (Å²) in [7, 11) is 4.13. The standard InChI is InChI=1S/C16H26N2OS/c1-18(2)15(14-8-9-20-12-14)11-17-16(19)10-13-6-4-3-5-7-13/h8-9,12-13,15H,3-7,10-11H2,1-2H3,(H,17,19)/t15-/m0/s1. The summed E-state index contributed by atoms with van der Waals surface area (Å²) in [4.78, 5) is 14.3. The van der Waals surface area contributed by atoms with Crippen LogP contribution in [0.2, 0.25) is 0 Å². The van der Waals surface area contributed by atoms with Crippen molar-refractivity contribution in [3.05, 3.63) is 22.4 Å². The molecule has 0 aliphatic heterocycles. The lowest BCUT2D eigenvalue weighted by Gasteiger charge is -2.25. The van der Waals surface area contributed by atoms with Crippen LogP contribution in [0.15, 0.2) is 16.8 Å². The van der Waals surface area contributed by atoms with Crippen molar-refractivity contribution in [1.29, 1.82) is 0 Å². The van der Waals surface area contributed by atoms with Crippen LogP contribution in [-0.4, -0.2) is 31.4 Å². The van der Waals surface area contributed by atoms with E-state index < -0.39 is 0 Å². The number of nitrogens with zero attached hydrogens (tertiary/aromatic N) is 1. The van der Waals surface area contributed by atoms with Crippen molar-refractivity contribution in [2.45, 2.75) is 44.6 Å². The Morgan fingerprint density at radius 2 is 2.15 bits per heavy atom. The highest BCUT2D eigenvalue weighted by molar-refractivity contribution is 7.07. The predicted octanol–water partition coefficient (Wildman–Crippen LogP) is 3.44. The highest BCUT2D eigenvalue weighted by Crippen LogP contribution is 2.26. The molecule has 1 aromatic rings. The zero-order valence-electron chi connectivity index (χ0n) is 12.6. The van der Waals surface area contributed by atoms with Crippen LogP contribution in [0.1, 0.15) is 50.1 Å². The van der Waals surface area contributed by atoms with Crippen molar-refractivity contribution in [2.75, 3.05) is 20.6 Å². The van der Waals surface area contributed by atoms with Gasteiger partial charge in [-0.25, -0.2) is 0 Å². The Morgan fingerprint density at radius 3 is 2.75 bits per heavy atom. The molecule has 1 amide bonds. The second kappa shape index (κ2) is 7.79. The largest absolute Gasteiger partial charge is 0.354 e. The molecule has 0 bridgehead atoms. The quantitative estimate of drug-likeness (QED) is 0.871. The van der Waals surface area contributed by atoms with Crippen LogP contribution in [-0.2, 0) is 4.79 Å². The minimum atomic E-state index is 0.221. The maximum absolute atomic E-state index is 12.1. The number of carbonyl (C=O) groups is 1. The molecular weight excluding hydrogens is 268 g/mol. The van der Waals surface area contributed by atoms with Crippen LogP contribution in [0, 0.1) is 5.92 Å². The first kappa shape index (κ1) is 15.5. The third-order valence-electron chi connectivity index (χ3n) is 4.24. The maximum atomic E-state index is 12.1. The summed E-state index contributed by atoms with van der Waals surface area (Å²) in [5.74, 6) is 0.835. The average molecular weight is 294 g/mol. The van der Waals surface area contributed by atoms with Gasteiger partial charge in [-0.1, -0.05) is 19.3 Å². The third-order valence-corrected chi connectivity index (χ3v) is 4.94. The van der Waals surface area contributed by atoms with Gasteiger partial charge in [0, 0.05) is 13.0 Å². The van der Waals surface area contributed by atoms with E-state index in [1.54, 1.807) is 11.3 Å². The normalized spacial score (nSPS) is 18.1. The molecule has 20 heavy (non-hydrogen) atoms. The molecule has 0 saturated heterocycles. The monoisotopic (exact) mass is 294 g/mol. The van der Waals surface area contributed by atoms with Crippen LogP contribution in [0.25, 0.3) is 0 Å². The first-order chi connectivity index (χ1) is 9.66. The van der Waals surface area contributed by atoms with Gasteiger partial charge >= 0.3 is 0 Å². The van der Waals surface area contributed by atoms with Crippen molar-refractivity contribution in [1.82, 2.24) is 10.2 Å². The molecule has 3 nitrogen and oxygen atoms in total. The second-order valence-electron chi connectivity index (χ2n) is 6.05. The summed E-state index contributed by atoms with van der Waals surface area (Å²) < 4.78 is 0. The molecular formula is C16H26N2OS. The van der Waals surface area contributed by atoms with Crippen LogP contribution in [0.4, 0.5) is 0 Å². The molecule has 112 valence electrons. The molecule has 0 aromatic carbocycles. The van der Waals surface area contributed by atoms with Gasteiger partial charge in [0.25, 0.3) is 0 Å². The van der Waals surface area contributed by atoms with Gasteiger partial charge in [0.15, 0.2) is 0 Å². The molecule has 1 saturated carbocycles. The van der Waals surface area contributed by atoms with E-state index in [1.165, 1.54) is 37.7 Å². The Morgan fingerprint density at radius 1 is 1.40 bits per heavy atom. The predicted molar refractivity (Wildman–Crippen MR) is 84.9 cm³/mol. The van der Waals surface area contributed by atoms with Crippen LogP contribution < -0.4 is 5.32 Å². The fourth-order valence-corrected chi connectivity index (χ4v) is 3.71. The summed E-state index contributed by atoms with van der Waals surface area (Å²) in [6.07, 6.45) is 7.12. The van der Waals surface area contributed by atoms with E-state index in [-0.39, 0.29) is 11.9 Å². The molecule has 1 atom stereocenters. The first-order valence-corrected chi connectivity index (χ1v) is 8.56. The molecule has 1 aromatic heterocycles. The van der Waals surface area contributed by atoms with E-state index in [0.717, 1.165) is 0 Å². The van der Waals surface area contributed by atoms with Crippen molar-refractivity contribution in [3.63, 3.8) is 0 Å². The zero-order chi connectivity index (χ0) is 14.4. The van der Waals surface area contributed by atoms with Crippen molar-refractivity contribution in [3.8, 4) is 0 Å². The van der Waals surface area contributed by atoms with Crippen LogP contribution in [0.5, 0.6) is 0 Å². The van der Waals surface area contributed by atoms with Gasteiger partial charge in [0.1, 0.15) is 0 Å². The lowest BCUT2D eigenvalue weighted by molar-refractivity contribution is -0.122. The molecule has 1 N–H and O–H groups in total. The smallest absolute Gasteiger partial charge is 0.220 e. The molecule has 0 unspecified atom stereocenters. The van der Waals surface area contributed by atoms with E-state index in [2.05, 4.69) is 41.1 Å².